The van der Waals surface area contributed by atoms with Gasteiger partial charge in [-0.25, -0.2) is 0 Å². The van der Waals surface area contributed by atoms with Gasteiger partial charge in [-0.1, -0.05) is 62.2 Å². The second-order valence-electron chi connectivity index (χ2n) is 5.42. The number of hydrogen-bond acceptors (Lipinski definition) is 2. The number of carboxylic acid groups (broad SMARTS) is 1. The molecule has 3 nitrogen and oxygen atoms in total. The number of unbranched alkanes of at least 4 members (excludes halogenated alkanes) is 1. The number of nitrogens with two attached hydrogens (primary N) is 1. The van der Waals surface area contributed by atoms with E-state index in [0.717, 1.165) is 29.2 Å². The van der Waals surface area contributed by atoms with Gasteiger partial charge in [0.1, 0.15) is 5.54 Å². The van der Waals surface area contributed by atoms with Crippen molar-refractivity contribution < 1.29 is 9.90 Å². The molecule has 0 fully saturated rings. The first-order valence-electron chi connectivity index (χ1n) is 7.05. The summed E-state index contributed by atoms with van der Waals surface area (Å²) in [6.45, 7) is 2.04. The van der Waals surface area contributed by atoms with Gasteiger partial charge in [0, 0.05) is 6.42 Å². The van der Waals surface area contributed by atoms with Crippen LogP contribution in [0.5, 0.6) is 0 Å². The third-order valence-electron chi connectivity index (χ3n) is 3.74. The van der Waals surface area contributed by atoms with E-state index >= 15 is 0 Å². The maximum Gasteiger partial charge on any atom is 0.324 e. The average Bonchev–Trinajstić information content (AvgIpc) is 2.45. The molecule has 2 aromatic carbocycles. The molecule has 21 heavy (non-hydrogen) atoms. The van der Waals surface area contributed by atoms with E-state index in [0.29, 0.717) is 12.8 Å². The molecular weight excluding hydrogens is 286 g/mol. The summed E-state index contributed by atoms with van der Waals surface area (Å²) in [4.78, 5) is 11.5. The van der Waals surface area contributed by atoms with Gasteiger partial charge >= 0.3 is 5.97 Å². The molecule has 114 valence electrons. The third-order valence-corrected chi connectivity index (χ3v) is 3.74. The molecule has 0 aliphatic carbocycles. The molecule has 0 radical (unpaired) electrons. The molecule has 0 aliphatic heterocycles. The lowest BCUT2D eigenvalue weighted by Crippen LogP contribution is -2.49. The van der Waals surface area contributed by atoms with E-state index in [-0.39, 0.29) is 12.4 Å². The molecule has 0 spiro atoms. The molecule has 0 saturated heterocycles. The van der Waals surface area contributed by atoms with Crippen molar-refractivity contribution >= 4 is 29.1 Å². The summed E-state index contributed by atoms with van der Waals surface area (Å²) in [5.41, 5.74) is 5.91. The Kier molecular flexibility index (Phi) is 6.19. The maximum absolute atomic E-state index is 11.5. The standard InChI is InChI=1S/C17H21NO2.ClH/c1-2-3-10-17(18,16(19)20)12-13-8-9-14-6-4-5-7-15(14)11-13;/h4-9,11H,2-3,10,12,18H2,1H3,(H,19,20);1H/t17-;/m0./s1. The third kappa shape index (κ3) is 4.19. The first-order chi connectivity index (χ1) is 9.55. The Balaban J connectivity index is 0.00000220. The predicted molar refractivity (Wildman–Crippen MR) is 89.0 cm³/mol. The maximum atomic E-state index is 11.5. The monoisotopic (exact) mass is 307 g/mol. The lowest BCUT2D eigenvalue weighted by molar-refractivity contribution is -0.143. The van der Waals surface area contributed by atoms with Crippen LogP contribution < -0.4 is 5.73 Å². The van der Waals surface area contributed by atoms with Gasteiger partial charge in [0.05, 0.1) is 0 Å². The number of rotatable bonds is 6. The van der Waals surface area contributed by atoms with E-state index in [4.69, 9.17) is 5.73 Å². The van der Waals surface area contributed by atoms with Crippen molar-refractivity contribution in [2.45, 2.75) is 38.1 Å². The van der Waals surface area contributed by atoms with Crippen LogP contribution in [0.4, 0.5) is 0 Å². The lowest BCUT2D eigenvalue weighted by Gasteiger charge is -2.24. The number of fused-ring (bicyclic) bond motifs is 1. The molecule has 0 amide bonds. The highest BCUT2D eigenvalue weighted by atomic mass is 35.5. The summed E-state index contributed by atoms with van der Waals surface area (Å²) in [6, 6.07) is 14.1. The van der Waals surface area contributed by atoms with E-state index in [1.165, 1.54) is 0 Å². The molecule has 0 unspecified atom stereocenters. The molecule has 0 saturated carbocycles. The Labute approximate surface area is 131 Å². The Morgan fingerprint density at radius 3 is 2.48 bits per heavy atom. The van der Waals surface area contributed by atoms with Gasteiger partial charge in [0.2, 0.25) is 0 Å². The minimum absolute atomic E-state index is 0. The highest BCUT2D eigenvalue weighted by Gasteiger charge is 2.33. The summed E-state index contributed by atoms with van der Waals surface area (Å²) in [5, 5.41) is 11.7. The minimum atomic E-state index is -1.17. The molecule has 0 aliphatic rings. The van der Waals surface area contributed by atoms with Gasteiger partial charge in [0.15, 0.2) is 0 Å². The smallest absolute Gasteiger partial charge is 0.324 e. The molecule has 4 heteroatoms. The fourth-order valence-electron chi connectivity index (χ4n) is 2.48. The van der Waals surface area contributed by atoms with Crippen LogP contribution in [0.25, 0.3) is 10.8 Å². The Hall–Kier alpha value is -1.58. The van der Waals surface area contributed by atoms with Crippen molar-refractivity contribution in [2.24, 2.45) is 5.73 Å². The molecule has 3 N–H and O–H groups in total. The Bertz CT molecular complexity index is 615. The van der Waals surface area contributed by atoms with E-state index < -0.39 is 11.5 Å². The minimum Gasteiger partial charge on any atom is -0.480 e. The molecule has 0 aromatic heterocycles. The van der Waals surface area contributed by atoms with Crippen molar-refractivity contribution in [1.29, 1.82) is 0 Å². The SMILES string of the molecule is CCCC[C@](N)(Cc1ccc2ccccc2c1)C(=O)O.Cl. The fourth-order valence-corrected chi connectivity index (χ4v) is 2.48. The van der Waals surface area contributed by atoms with Crippen molar-refractivity contribution in [3.63, 3.8) is 0 Å². The zero-order chi connectivity index (χ0) is 14.6. The normalized spacial score (nSPS) is 13.4. The van der Waals surface area contributed by atoms with E-state index in [2.05, 4.69) is 0 Å². The van der Waals surface area contributed by atoms with Crippen molar-refractivity contribution in [2.75, 3.05) is 0 Å². The average molecular weight is 308 g/mol. The molecule has 1 atom stereocenters. The Morgan fingerprint density at radius 1 is 1.19 bits per heavy atom. The molecular formula is C17H22ClNO2. The Morgan fingerprint density at radius 2 is 1.86 bits per heavy atom. The largest absolute Gasteiger partial charge is 0.480 e. The number of halogens is 1. The van der Waals surface area contributed by atoms with Crippen molar-refractivity contribution in [3.8, 4) is 0 Å². The first kappa shape index (κ1) is 17.5. The highest BCUT2D eigenvalue weighted by molar-refractivity contribution is 5.85. The van der Waals surface area contributed by atoms with Crippen LogP contribution in [-0.2, 0) is 11.2 Å². The molecule has 0 bridgehead atoms. The molecule has 2 aromatic rings. The van der Waals surface area contributed by atoms with Gasteiger partial charge in [0.25, 0.3) is 0 Å². The van der Waals surface area contributed by atoms with Crippen LogP contribution in [0.15, 0.2) is 42.5 Å². The number of aliphatic carboxylic acids is 1. The molecule has 0 heterocycles. The van der Waals surface area contributed by atoms with Crippen LogP contribution >= 0.6 is 12.4 Å². The second-order valence-corrected chi connectivity index (χ2v) is 5.42. The number of carbonyl (C=O) groups is 1. The fraction of sp³-hybridized carbons (Fsp3) is 0.353. The van der Waals surface area contributed by atoms with Crippen molar-refractivity contribution in [3.05, 3.63) is 48.0 Å². The van der Waals surface area contributed by atoms with E-state index in [9.17, 15) is 9.90 Å². The zero-order valence-corrected chi connectivity index (χ0v) is 13.0. The summed E-state index contributed by atoms with van der Waals surface area (Å²) in [7, 11) is 0. The van der Waals surface area contributed by atoms with Gasteiger partial charge in [-0.05, 0) is 22.8 Å². The number of hydrogen-bond donors (Lipinski definition) is 2. The number of carboxylic acids is 1. The lowest BCUT2D eigenvalue weighted by atomic mass is 9.86. The highest BCUT2D eigenvalue weighted by Crippen LogP contribution is 2.22. The van der Waals surface area contributed by atoms with Crippen LogP contribution in [0.1, 0.15) is 31.7 Å². The predicted octanol–water partition coefficient (Wildman–Crippen LogP) is 3.78. The van der Waals surface area contributed by atoms with Gasteiger partial charge in [-0.15, -0.1) is 12.4 Å². The van der Waals surface area contributed by atoms with E-state index in [1.807, 2.05) is 49.4 Å². The second kappa shape index (κ2) is 7.43. The summed E-state index contributed by atoms with van der Waals surface area (Å²) in [5.74, 6) is -0.917. The van der Waals surface area contributed by atoms with Gasteiger partial charge < -0.3 is 10.8 Å². The molecule has 2 rings (SSSR count). The van der Waals surface area contributed by atoms with Crippen molar-refractivity contribution in [1.82, 2.24) is 0 Å². The summed E-state index contributed by atoms with van der Waals surface area (Å²) >= 11 is 0. The summed E-state index contributed by atoms with van der Waals surface area (Å²) in [6.07, 6.45) is 2.65. The number of benzene rings is 2. The van der Waals surface area contributed by atoms with E-state index in [1.54, 1.807) is 0 Å². The first-order valence-corrected chi connectivity index (χ1v) is 7.05. The van der Waals surface area contributed by atoms with Crippen LogP contribution in [0.3, 0.4) is 0 Å². The topological polar surface area (TPSA) is 63.3 Å². The van der Waals surface area contributed by atoms with Gasteiger partial charge in [-0.3, -0.25) is 4.79 Å². The van der Waals surface area contributed by atoms with Crippen LogP contribution in [0, 0.1) is 0 Å². The van der Waals surface area contributed by atoms with Gasteiger partial charge in [-0.2, -0.15) is 0 Å². The van der Waals surface area contributed by atoms with Crippen LogP contribution in [-0.4, -0.2) is 16.6 Å². The summed E-state index contributed by atoms with van der Waals surface area (Å²) < 4.78 is 0. The van der Waals surface area contributed by atoms with Crippen LogP contribution in [0.2, 0.25) is 0 Å². The zero-order valence-electron chi connectivity index (χ0n) is 12.2. The quantitative estimate of drug-likeness (QED) is 0.853.